The minimum atomic E-state index is -0.163. The van der Waals surface area contributed by atoms with Gasteiger partial charge in [-0.3, -0.25) is 4.79 Å². The molecule has 0 unspecified atom stereocenters. The van der Waals surface area contributed by atoms with Gasteiger partial charge in [-0.25, -0.2) is 0 Å². The molecule has 0 radical (unpaired) electrons. The third-order valence-corrected chi connectivity index (χ3v) is 5.03. The van der Waals surface area contributed by atoms with Crippen LogP contribution < -0.4 is 11.1 Å². The zero-order valence-electron chi connectivity index (χ0n) is 15.4. The molecule has 0 aromatic heterocycles. The van der Waals surface area contributed by atoms with Crippen molar-refractivity contribution in [1.29, 1.82) is 0 Å². The molecule has 4 heteroatoms. The fourth-order valence-corrected chi connectivity index (χ4v) is 3.46. The summed E-state index contributed by atoms with van der Waals surface area (Å²) in [5.74, 6) is -0.163. The maximum absolute atomic E-state index is 11.6. The molecule has 4 nitrogen and oxygen atoms in total. The molecule has 0 aliphatic heterocycles. The molecule has 0 saturated heterocycles. The summed E-state index contributed by atoms with van der Waals surface area (Å²) in [5, 5.41) is 3.28. The lowest BCUT2D eigenvalue weighted by Gasteiger charge is -2.22. The van der Waals surface area contributed by atoms with E-state index >= 15 is 0 Å². The summed E-state index contributed by atoms with van der Waals surface area (Å²) in [6.07, 6.45) is 12.9. The number of benzene rings is 1. The third kappa shape index (κ3) is 9.03. The Labute approximate surface area is 152 Å². The van der Waals surface area contributed by atoms with Gasteiger partial charge in [0.1, 0.15) is 6.61 Å². The average molecular weight is 347 g/mol. The number of ether oxygens (including phenoxy) is 1. The molecule has 3 N–H and O–H groups in total. The lowest BCUT2D eigenvalue weighted by Crippen LogP contribution is -2.35. The molecule has 3 rings (SSSR count). The van der Waals surface area contributed by atoms with Crippen LogP contribution in [-0.2, 0) is 16.1 Å². The Kier molecular flexibility index (Phi) is 9.60. The van der Waals surface area contributed by atoms with Crippen LogP contribution in [-0.4, -0.2) is 24.6 Å². The Hall–Kier alpha value is -1.39. The van der Waals surface area contributed by atoms with Gasteiger partial charge in [0.2, 0.25) is 0 Å². The van der Waals surface area contributed by atoms with Crippen LogP contribution in [0.5, 0.6) is 0 Å². The van der Waals surface area contributed by atoms with E-state index < -0.39 is 0 Å². The fraction of sp³-hybridized carbons (Fsp3) is 0.667. The highest BCUT2D eigenvalue weighted by Crippen LogP contribution is 2.17. The van der Waals surface area contributed by atoms with Gasteiger partial charge in [0.05, 0.1) is 6.54 Å². The topological polar surface area (TPSA) is 64.4 Å². The van der Waals surface area contributed by atoms with Crippen molar-refractivity contribution < 1.29 is 9.53 Å². The SMILES string of the molecule is NC1CCCCC1.O=C(CNC1CCCCC1)OCc1ccccc1. The van der Waals surface area contributed by atoms with Crippen molar-refractivity contribution in [3.8, 4) is 0 Å². The van der Waals surface area contributed by atoms with Crippen LogP contribution in [0, 0.1) is 0 Å². The van der Waals surface area contributed by atoms with E-state index in [4.69, 9.17) is 10.5 Å². The molecule has 0 atom stereocenters. The quantitative estimate of drug-likeness (QED) is 0.793. The van der Waals surface area contributed by atoms with Gasteiger partial charge in [0, 0.05) is 12.1 Å². The summed E-state index contributed by atoms with van der Waals surface area (Å²) in [6, 6.07) is 10.8. The highest BCUT2D eigenvalue weighted by Gasteiger charge is 2.14. The third-order valence-electron chi connectivity index (χ3n) is 5.03. The molecular weight excluding hydrogens is 312 g/mol. The zero-order valence-corrected chi connectivity index (χ0v) is 15.4. The highest BCUT2D eigenvalue weighted by atomic mass is 16.5. The normalized spacial score (nSPS) is 18.9. The monoisotopic (exact) mass is 346 g/mol. The predicted octanol–water partition coefficient (Wildman–Crippen LogP) is 3.93. The van der Waals surface area contributed by atoms with Crippen molar-refractivity contribution in [1.82, 2.24) is 5.32 Å². The van der Waals surface area contributed by atoms with Gasteiger partial charge in [-0.05, 0) is 31.2 Å². The van der Waals surface area contributed by atoms with Crippen molar-refractivity contribution >= 4 is 5.97 Å². The minimum absolute atomic E-state index is 0.163. The van der Waals surface area contributed by atoms with Gasteiger partial charge in [-0.2, -0.15) is 0 Å². The molecule has 0 amide bonds. The van der Waals surface area contributed by atoms with Crippen molar-refractivity contribution in [2.75, 3.05) is 6.54 Å². The summed E-state index contributed by atoms with van der Waals surface area (Å²) in [7, 11) is 0. The first-order chi connectivity index (χ1) is 12.2. The molecule has 140 valence electrons. The number of hydrogen-bond donors (Lipinski definition) is 2. The van der Waals surface area contributed by atoms with Crippen LogP contribution in [0.15, 0.2) is 30.3 Å². The smallest absolute Gasteiger partial charge is 0.320 e. The van der Waals surface area contributed by atoms with Gasteiger partial charge >= 0.3 is 5.97 Å². The van der Waals surface area contributed by atoms with E-state index in [0.29, 0.717) is 25.2 Å². The van der Waals surface area contributed by atoms with Gasteiger partial charge < -0.3 is 15.8 Å². The maximum atomic E-state index is 11.6. The summed E-state index contributed by atoms with van der Waals surface area (Å²) in [6.45, 7) is 0.698. The van der Waals surface area contributed by atoms with E-state index in [2.05, 4.69) is 5.32 Å². The molecule has 2 aliphatic carbocycles. The summed E-state index contributed by atoms with van der Waals surface area (Å²) < 4.78 is 5.22. The van der Waals surface area contributed by atoms with Gasteiger partial charge in [0.15, 0.2) is 0 Å². The molecule has 0 heterocycles. The van der Waals surface area contributed by atoms with Crippen LogP contribution in [0.2, 0.25) is 0 Å². The lowest BCUT2D eigenvalue weighted by atomic mass is 9.96. The number of carbonyl (C=O) groups is 1. The van der Waals surface area contributed by atoms with Crippen LogP contribution >= 0.6 is 0 Å². The van der Waals surface area contributed by atoms with Crippen molar-refractivity contribution in [2.45, 2.75) is 82.9 Å². The second-order valence-electron chi connectivity index (χ2n) is 7.26. The Morgan fingerprint density at radius 2 is 1.56 bits per heavy atom. The number of hydrogen-bond acceptors (Lipinski definition) is 4. The molecular formula is C21H34N2O2. The standard InChI is InChI=1S/C15H21NO2.C6H13N/c17-15(11-16-14-9-5-2-6-10-14)18-12-13-7-3-1-4-8-13;7-6-4-2-1-3-5-6/h1,3-4,7-8,14,16H,2,5-6,9-12H2;6H,1-5,7H2. The summed E-state index contributed by atoms with van der Waals surface area (Å²) in [5.41, 5.74) is 6.67. The van der Waals surface area contributed by atoms with Crippen LogP contribution in [0.3, 0.4) is 0 Å². The molecule has 2 aliphatic rings. The summed E-state index contributed by atoms with van der Waals surface area (Å²) >= 11 is 0. The van der Waals surface area contributed by atoms with Gasteiger partial charge in [-0.15, -0.1) is 0 Å². The fourth-order valence-electron chi connectivity index (χ4n) is 3.46. The Morgan fingerprint density at radius 1 is 0.960 bits per heavy atom. The van der Waals surface area contributed by atoms with E-state index in [-0.39, 0.29) is 5.97 Å². The Morgan fingerprint density at radius 3 is 2.12 bits per heavy atom. The maximum Gasteiger partial charge on any atom is 0.320 e. The van der Waals surface area contributed by atoms with Crippen LogP contribution in [0.1, 0.15) is 69.8 Å². The predicted molar refractivity (Wildman–Crippen MR) is 102 cm³/mol. The largest absolute Gasteiger partial charge is 0.460 e. The number of carbonyl (C=O) groups excluding carboxylic acids is 1. The second-order valence-corrected chi connectivity index (χ2v) is 7.26. The molecule has 2 fully saturated rings. The molecule has 1 aromatic rings. The molecule has 0 spiro atoms. The lowest BCUT2D eigenvalue weighted by molar-refractivity contribution is -0.144. The second kappa shape index (κ2) is 12.0. The average Bonchev–Trinajstić information content (AvgIpc) is 2.67. The highest BCUT2D eigenvalue weighted by molar-refractivity contribution is 5.71. The van der Waals surface area contributed by atoms with Gasteiger partial charge in [-0.1, -0.05) is 68.9 Å². The van der Waals surface area contributed by atoms with Gasteiger partial charge in [0.25, 0.3) is 0 Å². The number of nitrogens with one attached hydrogen (secondary N) is 1. The van der Waals surface area contributed by atoms with Crippen LogP contribution in [0.25, 0.3) is 0 Å². The Bertz CT molecular complexity index is 466. The first-order valence-corrected chi connectivity index (χ1v) is 9.92. The molecule has 25 heavy (non-hydrogen) atoms. The Balaban J connectivity index is 0.000000269. The first kappa shape index (κ1) is 19.9. The number of nitrogens with two attached hydrogens (primary N) is 1. The van der Waals surface area contributed by atoms with E-state index in [1.807, 2.05) is 30.3 Å². The van der Waals surface area contributed by atoms with Crippen molar-refractivity contribution in [2.24, 2.45) is 5.73 Å². The molecule has 2 saturated carbocycles. The van der Waals surface area contributed by atoms with E-state index in [1.54, 1.807) is 0 Å². The molecule has 1 aromatic carbocycles. The number of esters is 1. The van der Waals surface area contributed by atoms with E-state index in [9.17, 15) is 4.79 Å². The van der Waals surface area contributed by atoms with Crippen molar-refractivity contribution in [3.05, 3.63) is 35.9 Å². The summed E-state index contributed by atoms with van der Waals surface area (Å²) in [4.78, 5) is 11.6. The number of rotatable bonds is 5. The zero-order chi connectivity index (χ0) is 17.7. The van der Waals surface area contributed by atoms with E-state index in [1.165, 1.54) is 64.2 Å². The molecule has 0 bridgehead atoms. The first-order valence-electron chi connectivity index (χ1n) is 9.92. The van der Waals surface area contributed by atoms with E-state index in [0.717, 1.165) is 5.56 Å². The minimum Gasteiger partial charge on any atom is -0.460 e. The van der Waals surface area contributed by atoms with Crippen LogP contribution in [0.4, 0.5) is 0 Å². The van der Waals surface area contributed by atoms with Crippen molar-refractivity contribution in [3.63, 3.8) is 0 Å².